The van der Waals surface area contributed by atoms with Crippen LogP contribution in [-0.2, 0) is 18.3 Å². The van der Waals surface area contributed by atoms with Crippen LogP contribution in [0.3, 0.4) is 0 Å². The van der Waals surface area contributed by atoms with Crippen LogP contribution < -0.4 is 0 Å². The number of aromatic nitrogens is 3. The molecular formula is C7H11N3O2. The van der Waals surface area contributed by atoms with E-state index >= 15 is 0 Å². The van der Waals surface area contributed by atoms with E-state index in [1.165, 1.54) is 0 Å². The molecule has 0 unspecified atom stereocenters. The normalized spacial score (nSPS) is 10.1. The van der Waals surface area contributed by atoms with Crippen molar-refractivity contribution >= 4 is 5.97 Å². The third-order valence-corrected chi connectivity index (χ3v) is 1.44. The lowest BCUT2D eigenvalue weighted by molar-refractivity contribution is -0.137. The van der Waals surface area contributed by atoms with E-state index in [0.29, 0.717) is 18.7 Å². The fourth-order valence-corrected chi connectivity index (χ4v) is 0.896. The number of aliphatic carboxylic acids is 1. The van der Waals surface area contributed by atoms with Crippen molar-refractivity contribution < 1.29 is 9.90 Å². The average Bonchev–Trinajstić information content (AvgIpc) is 2.35. The maximum absolute atomic E-state index is 10.1. The summed E-state index contributed by atoms with van der Waals surface area (Å²) in [6.45, 7) is 0. The summed E-state index contributed by atoms with van der Waals surface area (Å²) in [4.78, 5) is 14.1. The highest BCUT2D eigenvalue weighted by atomic mass is 16.4. The van der Waals surface area contributed by atoms with Gasteiger partial charge in [0.25, 0.3) is 0 Å². The number of carboxylic acid groups (broad SMARTS) is 1. The zero-order valence-electron chi connectivity index (χ0n) is 6.90. The summed E-state index contributed by atoms with van der Waals surface area (Å²) in [6, 6.07) is 0. The lowest BCUT2D eigenvalue weighted by atomic mass is 10.2. The molecule has 1 heterocycles. The Labute approximate surface area is 70.0 Å². The van der Waals surface area contributed by atoms with Gasteiger partial charge in [0, 0.05) is 19.9 Å². The molecule has 1 rings (SSSR count). The summed E-state index contributed by atoms with van der Waals surface area (Å²) in [5.41, 5.74) is 0. The lowest BCUT2D eigenvalue weighted by Crippen LogP contribution is -1.97. The first-order chi connectivity index (χ1) is 5.68. The fourth-order valence-electron chi connectivity index (χ4n) is 0.896. The Morgan fingerprint density at radius 1 is 1.75 bits per heavy atom. The summed E-state index contributed by atoms with van der Waals surface area (Å²) in [5, 5.41) is 12.4. The second kappa shape index (κ2) is 3.85. The van der Waals surface area contributed by atoms with Crippen molar-refractivity contribution in [2.75, 3.05) is 0 Å². The van der Waals surface area contributed by atoms with Gasteiger partial charge >= 0.3 is 5.97 Å². The zero-order valence-corrected chi connectivity index (χ0v) is 6.90. The minimum absolute atomic E-state index is 0.179. The van der Waals surface area contributed by atoms with Crippen LogP contribution in [0.15, 0.2) is 6.33 Å². The maximum atomic E-state index is 10.1. The Hall–Kier alpha value is -1.39. The van der Waals surface area contributed by atoms with Gasteiger partial charge in [0.2, 0.25) is 0 Å². The predicted octanol–water partition coefficient (Wildman–Crippen LogP) is 0.222. The quantitative estimate of drug-likeness (QED) is 0.700. The maximum Gasteiger partial charge on any atom is 0.303 e. The fraction of sp³-hybridized carbons (Fsp3) is 0.571. The number of hydrogen-bond acceptors (Lipinski definition) is 3. The van der Waals surface area contributed by atoms with E-state index in [-0.39, 0.29) is 6.42 Å². The van der Waals surface area contributed by atoms with Crippen molar-refractivity contribution in [2.24, 2.45) is 7.05 Å². The average molecular weight is 169 g/mol. The van der Waals surface area contributed by atoms with Crippen LogP contribution in [0.1, 0.15) is 18.7 Å². The van der Waals surface area contributed by atoms with Crippen molar-refractivity contribution in [3.05, 3.63) is 12.2 Å². The topological polar surface area (TPSA) is 68.0 Å². The van der Waals surface area contributed by atoms with Crippen molar-refractivity contribution in [3.8, 4) is 0 Å². The second-order valence-electron chi connectivity index (χ2n) is 2.58. The molecule has 1 N–H and O–H groups in total. The minimum atomic E-state index is -0.772. The molecule has 0 radical (unpaired) electrons. The molecule has 0 aromatic carbocycles. The molecule has 0 aliphatic carbocycles. The standard InChI is InChI=1S/C7H11N3O2/c1-10-5-8-6(9-10)3-2-4-7(11)12/h5H,2-4H2,1H3,(H,11,12). The van der Waals surface area contributed by atoms with Gasteiger partial charge < -0.3 is 5.11 Å². The Bertz CT molecular complexity index is 269. The largest absolute Gasteiger partial charge is 0.481 e. The van der Waals surface area contributed by atoms with Crippen molar-refractivity contribution in [2.45, 2.75) is 19.3 Å². The van der Waals surface area contributed by atoms with Crippen LogP contribution >= 0.6 is 0 Å². The molecule has 0 aliphatic rings. The van der Waals surface area contributed by atoms with Gasteiger partial charge in [0.15, 0.2) is 5.82 Å². The van der Waals surface area contributed by atoms with Gasteiger partial charge in [0.05, 0.1) is 0 Å². The Balaban J connectivity index is 2.29. The van der Waals surface area contributed by atoms with E-state index in [0.717, 1.165) is 0 Å². The molecule has 0 bridgehead atoms. The number of aryl methyl sites for hydroxylation is 2. The van der Waals surface area contributed by atoms with Crippen LogP contribution in [0, 0.1) is 0 Å². The summed E-state index contributed by atoms with van der Waals surface area (Å²) < 4.78 is 1.61. The minimum Gasteiger partial charge on any atom is -0.481 e. The highest BCUT2D eigenvalue weighted by molar-refractivity contribution is 5.66. The summed E-state index contributed by atoms with van der Waals surface area (Å²) in [7, 11) is 1.79. The van der Waals surface area contributed by atoms with E-state index in [1.807, 2.05) is 0 Å². The zero-order chi connectivity index (χ0) is 8.97. The molecule has 12 heavy (non-hydrogen) atoms. The first-order valence-corrected chi connectivity index (χ1v) is 3.75. The van der Waals surface area contributed by atoms with E-state index in [2.05, 4.69) is 10.1 Å². The molecule has 1 aromatic heterocycles. The highest BCUT2D eigenvalue weighted by Crippen LogP contribution is 1.97. The second-order valence-corrected chi connectivity index (χ2v) is 2.58. The van der Waals surface area contributed by atoms with Gasteiger partial charge in [-0.25, -0.2) is 4.98 Å². The van der Waals surface area contributed by atoms with Gasteiger partial charge in [-0.3, -0.25) is 9.48 Å². The number of carboxylic acids is 1. The first-order valence-electron chi connectivity index (χ1n) is 3.75. The summed E-state index contributed by atoms with van der Waals surface area (Å²) in [5.74, 6) is -0.0651. The highest BCUT2D eigenvalue weighted by Gasteiger charge is 2.00. The molecule has 0 amide bonds. The molecule has 0 fully saturated rings. The molecule has 0 saturated carbocycles. The first kappa shape index (κ1) is 8.70. The van der Waals surface area contributed by atoms with E-state index in [9.17, 15) is 4.79 Å². The number of hydrogen-bond donors (Lipinski definition) is 1. The molecule has 0 saturated heterocycles. The third-order valence-electron chi connectivity index (χ3n) is 1.44. The van der Waals surface area contributed by atoms with E-state index < -0.39 is 5.97 Å². The van der Waals surface area contributed by atoms with Crippen molar-refractivity contribution in [1.29, 1.82) is 0 Å². The molecule has 0 atom stereocenters. The van der Waals surface area contributed by atoms with Crippen LogP contribution in [0.25, 0.3) is 0 Å². The Kier molecular flexibility index (Phi) is 2.79. The van der Waals surface area contributed by atoms with E-state index in [4.69, 9.17) is 5.11 Å². The van der Waals surface area contributed by atoms with Gasteiger partial charge in [-0.2, -0.15) is 5.10 Å². The molecule has 1 aromatic rings. The van der Waals surface area contributed by atoms with Crippen LogP contribution in [0.5, 0.6) is 0 Å². The monoisotopic (exact) mass is 169 g/mol. The van der Waals surface area contributed by atoms with Crippen LogP contribution in [0.2, 0.25) is 0 Å². The molecule has 5 nitrogen and oxygen atoms in total. The number of nitrogens with zero attached hydrogens (tertiary/aromatic N) is 3. The smallest absolute Gasteiger partial charge is 0.303 e. The SMILES string of the molecule is Cn1cnc(CCCC(=O)O)n1. The molecule has 5 heteroatoms. The van der Waals surface area contributed by atoms with Crippen LogP contribution in [-0.4, -0.2) is 25.8 Å². The number of carbonyl (C=O) groups is 1. The van der Waals surface area contributed by atoms with Gasteiger partial charge in [0.1, 0.15) is 6.33 Å². The van der Waals surface area contributed by atoms with Crippen LogP contribution in [0.4, 0.5) is 0 Å². The van der Waals surface area contributed by atoms with Gasteiger partial charge in [-0.1, -0.05) is 0 Å². The molecular weight excluding hydrogens is 158 g/mol. The number of rotatable bonds is 4. The predicted molar refractivity (Wildman–Crippen MR) is 41.6 cm³/mol. The third kappa shape index (κ3) is 2.69. The van der Waals surface area contributed by atoms with E-state index in [1.54, 1.807) is 18.1 Å². The lowest BCUT2D eigenvalue weighted by Gasteiger charge is -1.91. The summed E-state index contributed by atoms with van der Waals surface area (Å²) >= 11 is 0. The summed E-state index contributed by atoms with van der Waals surface area (Å²) in [6.07, 6.45) is 3.01. The molecule has 0 spiro atoms. The van der Waals surface area contributed by atoms with Gasteiger partial charge in [-0.15, -0.1) is 0 Å². The Morgan fingerprint density at radius 3 is 3.00 bits per heavy atom. The Morgan fingerprint density at radius 2 is 2.50 bits per heavy atom. The van der Waals surface area contributed by atoms with Gasteiger partial charge in [-0.05, 0) is 6.42 Å². The molecule has 66 valence electrons. The van der Waals surface area contributed by atoms with Crippen molar-refractivity contribution in [1.82, 2.24) is 14.8 Å². The van der Waals surface area contributed by atoms with Crippen molar-refractivity contribution in [3.63, 3.8) is 0 Å². The molecule has 0 aliphatic heterocycles.